The molecular formula is C18H12ClN7O2. The molecule has 0 atom stereocenters. The van der Waals surface area contributed by atoms with E-state index in [2.05, 4.69) is 29.9 Å². The number of halogens is 1. The number of fused-ring (bicyclic) bond motifs is 2. The van der Waals surface area contributed by atoms with Gasteiger partial charge in [-0.1, -0.05) is 11.6 Å². The second-order valence-electron chi connectivity index (χ2n) is 5.67. The van der Waals surface area contributed by atoms with Crippen molar-refractivity contribution in [2.24, 2.45) is 0 Å². The zero-order chi connectivity index (χ0) is 19.5. The Balaban J connectivity index is 0.000000177. The summed E-state index contributed by atoms with van der Waals surface area (Å²) in [6.45, 7) is 0. The minimum atomic E-state index is -0.464. The number of nitrogens with zero attached hydrogens (tertiary/aromatic N) is 5. The fraction of sp³-hybridized carbons (Fsp3) is 0. The van der Waals surface area contributed by atoms with Crippen LogP contribution in [-0.2, 0) is 0 Å². The fourth-order valence-corrected chi connectivity index (χ4v) is 2.70. The minimum Gasteiger partial charge on any atom is -0.343 e. The highest BCUT2D eigenvalue weighted by Gasteiger charge is 2.16. The van der Waals surface area contributed by atoms with Crippen LogP contribution in [0.3, 0.4) is 0 Å². The van der Waals surface area contributed by atoms with Crippen LogP contribution in [0.1, 0.15) is 0 Å². The van der Waals surface area contributed by atoms with Gasteiger partial charge in [0.2, 0.25) is 0 Å². The number of H-pyrrole nitrogens is 2. The van der Waals surface area contributed by atoms with E-state index in [1.165, 1.54) is 12.3 Å². The molecule has 0 saturated heterocycles. The third kappa shape index (κ3) is 3.51. The van der Waals surface area contributed by atoms with Crippen LogP contribution >= 0.6 is 11.6 Å². The first-order chi connectivity index (χ1) is 13.6. The Morgan fingerprint density at radius 1 is 1.04 bits per heavy atom. The van der Waals surface area contributed by atoms with E-state index in [4.69, 9.17) is 11.6 Å². The van der Waals surface area contributed by atoms with Gasteiger partial charge in [-0.3, -0.25) is 15.1 Å². The van der Waals surface area contributed by atoms with Crippen molar-refractivity contribution in [3.63, 3.8) is 0 Å². The lowest BCUT2D eigenvalue weighted by atomic mass is 10.2. The number of imidazole rings is 2. The van der Waals surface area contributed by atoms with Gasteiger partial charge in [0, 0.05) is 29.0 Å². The first-order valence-corrected chi connectivity index (χ1v) is 8.48. The molecule has 0 aliphatic heterocycles. The van der Waals surface area contributed by atoms with Gasteiger partial charge in [-0.15, -0.1) is 0 Å². The Bertz CT molecular complexity index is 1230. The molecule has 0 aliphatic rings. The molecule has 138 valence electrons. The molecule has 0 spiro atoms. The second-order valence-corrected chi connectivity index (χ2v) is 6.11. The monoisotopic (exact) mass is 393 g/mol. The Morgan fingerprint density at radius 3 is 2.61 bits per heavy atom. The second kappa shape index (κ2) is 7.41. The van der Waals surface area contributed by atoms with E-state index >= 15 is 0 Å². The topological polar surface area (TPSA) is 126 Å². The summed E-state index contributed by atoms with van der Waals surface area (Å²) in [7, 11) is 0. The van der Waals surface area contributed by atoms with Crippen molar-refractivity contribution in [3.8, 4) is 11.4 Å². The van der Waals surface area contributed by atoms with Crippen molar-refractivity contribution < 1.29 is 4.92 Å². The van der Waals surface area contributed by atoms with Gasteiger partial charge in [0.1, 0.15) is 5.82 Å². The van der Waals surface area contributed by atoms with E-state index in [9.17, 15) is 10.1 Å². The highest BCUT2D eigenvalue weighted by atomic mass is 35.5. The molecule has 0 radical (unpaired) electrons. The van der Waals surface area contributed by atoms with Gasteiger partial charge >= 0.3 is 0 Å². The van der Waals surface area contributed by atoms with E-state index in [0.717, 1.165) is 16.6 Å². The number of hydrogen-bond donors (Lipinski definition) is 2. The summed E-state index contributed by atoms with van der Waals surface area (Å²) in [5.41, 5.74) is 3.33. The number of nitro groups is 1. The maximum atomic E-state index is 10.9. The SMILES string of the molecule is O=[N+]([O-])c1ccnc2nc(-c3ccc(Cl)cc3)[nH]c12.c1cc2nc[nH]c2cn1. The number of aromatic amines is 2. The number of nitrogens with one attached hydrogen (secondary N) is 2. The van der Waals surface area contributed by atoms with Gasteiger partial charge in [0.15, 0.2) is 11.2 Å². The number of pyridine rings is 2. The number of aromatic nitrogens is 6. The third-order valence-corrected chi connectivity index (χ3v) is 4.16. The summed E-state index contributed by atoms with van der Waals surface area (Å²) in [6, 6.07) is 10.2. The third-order valence-electron chi connectivity index (χ3n) is 3.91. The molecule has 4 heterocycles. The molecule has 9 nitrogen and oxygen atoms in total. The molecule has 0 saturated carbocycles. The molecular weight excluding hydrogens is 382 g/mol. The average molecular weight is 394 g/mol. The zero-order valence-corrected chi connectivity index (χ0v) is 15.0. The first-order valence-electron chi connectivity index (χ1n) is 8.10. The van der Waals surface area contributed by atoms with Crippen molar-refractivity contribution in [2.45, 2.75) is 0 Å². The van der Waals surface area contributed by atoms with Crippen LogP contribution in [0.2, 0.25) is 5.02 Å². The molecule has 0 aliphatic carbocycles. The van der Waals surface area contributed by atoms with Crippen LogP contribution < -0.4 is 0 Å². The molecule has 5 aromatic rings. The lowest BCUT2D eigenvalue weighted by Gasteiger charge is -1.95. The van der Waals surface area contributed by atoms with Crippen molar-refractivity contribution in [1.29, 1.82) is 0 Å². The summed E-state index contributed by atoms with van der Waals surface area (Å²) in [6.07, 6.45) is 6.50. The maximum absolute atomic E-state index is 10.9. The smallest absolute Gasteiger partial charge is 0.298 e. The average Bonchev–Trinajstić information content (AvgIpc) is 3.35. The largest absolute Gasteiger partial charge is 0.343 e. The molecule has 0 unspecified atom stereocenters. The summed E-state index contributed by atoms with van der Waals surface area (Å²) in [5.74, 6) is 0.522. The van der Waals surface area contributed by atoms with Crippen LogP contribution in [0, 0.1) is 10.1 Å². The Hall–Kier alpha value is -3.85. The summed E-state index contributed by atoms with van der Waals surface area (Å²) in [4.78, 5) is 32.5. The van der Waals surface area contributed by atoms with Gasteiger partial charge < -0.3 is 9.97 Å². The van der Waals surface area contributed by atoms with Crippen LogP contribution in [-0.4, -0.2) is 34.8 Å². The molecule has 5 rings (SSSR count). The highest BCUT2D eigenvalue weighted by molar-refractivity contribution is 6.30. The molecule has 0 amide bonds. The fourth-order valence-electron chi connectivity index (χ4n) is 2.58. The van der Waals surface area contributed by atoms with Gasteiger partial charge in [-0.25, -0.2) is 15.0 Å². The van der Waals surface area contributed by atoms with E-state index in [-0.39, 0.29) is 5.69 Å². The van der Waals surface area contributed by atoms with E-state index in [1.54, 1.807) is 43.0 Å². The molecule has 28 heavy (non-hydrogen) atoms. The van der Waals surface area contributed by atoms with Gasteiger partial charge in [-0.05, 0) is 30.3 Å². The number of benzene rings is 1. The van der Waals surface area contributed by atoms with Gasteiger partial charge in [-0.2, -0.15) is 0 Å². The van der Waals surface area contributed by atoms with Gasteiger partial charge in [0.05, 0.1) is 28.5 Å². The Labute approximate surface area is 162 Å². The molecule has 0 bridgehead atoms. The highest BCUT2D eigenvalue weighted by Crippen LogP contribution is 2.26. The predicted molar refractivity (Wildman–Crippen MR) is 105 cm³/mol. The summed E-state index contributed by atoms with van der Waals surface area (Å²) in [5, 5.41) is 11.5. The minimum absolute atomic E-state index is 0.0438. The summed E-state index contributed by atoms with van der Waals surface area (Å²) >= 11 is 5.81. The van der Waals surface area contributed by atoms with Crippen LogP contribution in [0.4, 0.5) is 5.69 Å². The molecule has 1 aromatic carbocycles. The standard InChI is InChI=1S/C12H7ClN4O2.C6H5N3/c13-8-3-1-7(2-4-8)11-15-10-9(17(18)19)5-6-14-12(10)16-11;1-2-7-3-6-5(1)8-4-9-6/h1-6H,(H,14,15,16);1-4H,(H,8,9). The van der Waals surface area contributed by atoms with Gasteiger partial charge in [0.25, 0.3) is 5.69 Å². The van der Waals surface area contributed by atoms with Crippen molar-refractivity contribution >= 4 is 39.5 Å². The molecule has 4 aromatic heterocycles. The lowest BCUT2D eigenvalue weighted by molar-refractivity contribution is -0.383. The zero-order valence-electron chi connectivity index (χ0n) is 14.2. The Kier molecular flexibility index (Phi) is 4.65. The molecule has 0 fully saturated rings. The number of hydrogen-bond acceptors (Lipinski definition) is 6. The van der Waals surface area contributed by atoms with E-state index in [0.29, 0.717) is 22.0 Å². The lowest BCUT2D eigenvalue weighted by Crippen LogP contribution is -1.89. The Morgan fingerprint density at radius 2 is 1.86 bits per heavy atom. The van der Waals surface area contributed by atoms with Crippen molar-refractivity contribution in [1.82, 2.24) is 29.9 Å². The van der Waals surface area contributed by atoms with E-state index in [1.807, 2.05) is 6.07 Å². The summed E-state index contributed by atoms with van der Waals surface area (Å²) < 4.78 is 0. The van der Waals surface area contributed by atoms with Crippen molar-refractivity contribution in [2.75, 3.05) is 0 Å². The van der Waals surface area contributed by atoms with Crippen LogP contribution in [0.15, 0.2) is 61.3 Å². The maximum Gasteiger partial charge on any atom is 0.298 e. The molecule has 2 N–H and O–H groups in total. The van der Waals surface area contributed by atoms with Crippen molar-refractivity contribution in [3.05, 3.63) is 76.5 Å². The quantitative estimate of drug-likeness (QED) is 0.342. The normalized spacial score (nSPS) is 10.6. The van der Waals surface area contributed by atoms with Crippen LogP contribution in [0.5, 0.6) is 0 Å². The molecule has 10 heteroatoms. The van der Waals surface area contributed by atoms with Crippen LogP contribution in [0.25, 0.3) is 33.6 Å². The predicted octanol–water partition coefficient (Wildman–Crippen LogP) is 4.14. The van der Waals surface area contributed by atoms with E-state index < -0.39 is 4.92 Å². The first kappa shape index (κ1) is 17.6. The number of rotatable bonds is 2.